The molecule has 0 saturated heterocycles. The fourth-order valence-electron chi connectivity index (χ4n) is 9.29. The zero-order chi connectivity index (χ0) is 24.7. The molecule has 4 aliphatic rings. The van der Waals surface area contributed by atoms with Crippen LogP contribution in [0.1, 0.15) is 97.8 Å². The van der Waals surface area contributed by atoms with Crippen LogP contribution in [0.3, 0.4) is 0 Å². The van der Waals surface area contributed by atoms with Crippen LogP contribution in [0.4, 0.5) is 0 Å². The molecular weight excluding hydrogens is 430 g/mol. The Morgan fingerprint density at radius 2 is 1.68 bits per heavy atom. The quantitative estimate of drug-likeness (QED) is 0.388. The number of nitrogens with one attached hydrogen (secondary N) is 1. The number of amides is 1. The Morgan fingerprint density at radius 1 is 0.971 bits per heavy atom. The summed E-state index contributed by atoms with van der Waals surface area (Å²) in [4.78, 5) is 22.9. The topological polar surface area (TPSA) is 107 Å². The summed E-state index contributed by atoms with van der Waals surface area (Å²) >= 11 is 0. The fourth-order valence-corrected chi connectivity index (χ4v) is 9.29. The summed E-state index contributed by atoms with van der Waals surface area (Å²) in [7, 11) is 0. The second-order valence-corrected chi connectivity index (χ2v) is 12.8. The van der Waals surface area contributed by atoms with Gasteiger partial charge in [-0.2, -0.15) is 0 Å². The van der Waals surface area contributed by atoms with E-state index in [0.29, 0.717) is 54.9 Å². The van der Waals surface area contributed by atoms with Crippen molar-refractivity contribution in [3.05, 3.63) is 0 Å². The SMILES string of the molecule is C[C@H](CCC(=O)NCCCC(=O)O)[C@H]1CC[C@H]2[C@@H]3[C@H](O)C[C@@H]4C[C@H](O)CC[C@]4(C)[C@H]3CC[C@]12C. The van der Waals surface area contributed by atoms with Gasteiger partial charge in [-0.05, 0) is 111 Å². The van der Waals surface area contributed by atoms with Gasteiger partial charge in [0.2, 0.25) is 5.91 Å². The van der Waals surface area contributed by atoms with E-state index in [1.54, 1.807) is 0 Å². The van der Waals surface area contributed by atoms with Gasteiger partial charge in [0.25, 0.3) is 0 Å². The smallest absolute Gasteiger partial charge is 0.303 e. The molecule has 4 rings (SSSR count). The summed E-state index contributed by atoms with van der Waals surface area (Å²) < 4.78 is 0. The van der Waals surface area contributed by atoms with Crippen molar-refractivity contribution in [2.75, 3.05) is 6.54 Å². The molecule has 0 aromatic heterocycles. The van der Waals surface area contributed by atoms with Gasteiger partial charge in [-0.1, -0.05) is 20.8 Å². The average Bonchev–Trinajstić information content (AvgIpc) is 3.13. The lowest BCUT2D eigenvalue weighted by Gasteiger charge is -2.62. The second-order valence-electron chi connectivity index (χ2n) is 12.8. The maximum absolute atomic E-state index is 12.3. The van der Waals surface area contributed by atoms with Crippen LogP contribution < -0.4 is 5.32 Å². The molecule has 0 heterocycles. The van der Waals surface area contributed by atoms with E-state index >= 15 is 0 Å². The normalized spacial score (nSPS) is 44.4. The van der Waals surface area contributed by atoms with E-state index in [0.717, 1.165) is 32.1 Å². The van der Waals surface area contributed by atoms with Crippen LogP contribution in [-0.4, -0.2) is 45.9 Å². The van der Waals surface area contributed by atoms with E-state index < -0.39 is 5.97 Å². The molecule has 194 valence electrons. The van der Waals surface area contributed by atoms with Crippen LogP contribution in [0.15, 0.2) is 0 Å². The lowest BCUT2D eigenvalue weighted by Crippen LogP contribution is -2.58. The van der Waals surface area contributed by atoms with Crippen LogP contribution >= 0.6 is 0 Å². The van der Waals surface area contributed by atoms with Crippen LogP contribution in [0.2, 0.25) is 0 Å². The van der Waals surface area contributed by atoms with Crippen molar-refractivity contribution in [2.24, 2.45) is 46.3 Å². The molecule has 10 atom stereocenters. The standard InChI is InChI=1S/C28H47NO5/c1-17(6-9-24(32)29-14-4-5-25(33)34)20-7-8-21-26-22(11-13-28(20,21)3)27(2)12-10-19(30)15-18(27)16-23(26)31/h17-23,26,30-31H,4-16H2,1-3H3,(H,29,32)(H,33,34)/t17-,18+,19-,20-,21+,22+,23-,26+,27+,28-/m1/s1. The lowest BCUT2D eigenvalue weighted by molar-refractivity contribution is -0.174. The molecule has 4 N–H and O–H groups in total. The Kier molecular flexibility index (Phi) is 7.69. The Hall–Kier alpha value is -1.14. The molecule has 0 unspecified atom stereocenters. The summed E-state index contributed by atoms with van der Waals surface area (Å²) in [6, 6.07) is 0. The summed E-state index contributed by atoms with van der Waals surface area (Å²) in [6.07, 6.45) is 9.99. The van der Waals surface area contributed by atoms with Gasteiger partial charge in [-0.15, -0.1) is 0 Å². The Bertz CT molecular complexity index is 757. The van der Waals surface area contributed by atoms with E-state index in [4.69, 9.17) is 5.11 Å². The monoisotopic (exact) mass is 477 g/mol. The Morgan fingerprint density at radius 3 is 2.41 bits per heavy atom. The molecular formula is C28H47NO5. The van der Waals surface area contributed by atoms with Crippen LogP contribution in [-0.2, 0) is 9.59 Å². The number of carbonyl (C=O) groups is 2. The van der Waals surface area contributed by atoms with Crippen LogP contribution in [0.25, 0.3) is 0 Å². The summed E-state index contributed by atoms with van der Waals surface area (Å²) in [5, 5.41) is 33.2. The number of carboxylic acid groups (broad SMARTS) is 1. The molecule has 6 nitrogen and oxygen atoms in total. The highest BCUT2D eigenvalue weighted by Gasteiger charge is 2.62. The molecule has 0 aliphatic heterocycles. The first kappa shape index (κ1) is 25.9. The lowest BCUT2D eigenvalue weighted by atomic mass is 9.43. The summed E-state index contributed by atoms with van der Waals surface area (Å²) in [5.74, 6) is 2.21. The number of aliphatic carboxylic acids is 1. The number of aliphatic hydroxyl groups excluding tert-OH is 2. The minimum atomic E-state index is -0.824. The number of carbonyl (C=O) groups excluding carboxylic acids is 1. The molecule has 1 amide bonds. The van der Waals surface area contributed by atoms with Gasteiger partial charge in [-0.3, -0.25) is 9.59 Å². The van der Waals surface area contributed by atoms with Crippen molar-refractivity contribution in [2.45, 2.75) is 110 Å². The Balaban J connectivity index is 1.36. The zero-order valence-electron chi connectivity index (χ0n) is 21.5. The van der Waals surface area contributed by atoms with E-state index in [-0.39, 0.29) is 35.4 Å². The predicted octanol–water partition coefficient (Wildman–Crippen LogP) is 4.37. The highest BCUT2D eigenvalue weighted by atomic mass is 16.4. The number of hydrogen-bond donors (Lipinski definition) is 4. The predicted molar refractivity (Wildman–Crippen MR) is 131 cm³/mol. The Labute approximate surface area is 205 Å². The molecule has 0 spiro atoms. The van der Waals surface area contributed by atoms with Gasteiger partial charge in [0.15, 0.2) is 0 Å². The first-order chi connectivity index (χ1) is 16.1. The third-order valence-corrected chi connectivity index (χ3v) is 11.1. The first-order valence-electron chi connectivity index (χ1n) is 13.9. The number of carboxylic acids is 1. The number of fused-ring (bicyclic) bond motifs is 5. The van der Waals surface area contributed by atoms with Gasteiger partial charge < -0.3 is 20.6 Å². The van der Waals surface area contributed by atoms with Crippen molar-refractivity contribution in [3.63, 3.8) is 0 Å². The number of hydrogen-bond acceptors (Lipinski definition) is 4. The molecule has 0 radical (unpaired) electrons. The van der Waals surface area contributed by atoms with Gasteiger partial charge in [0.1, 0.15) is 0 Å². The molecule has 4 fully saturated rings. The van der Waals surface area contributed by atoms with Gasteiger partial charge in [0, 0.05) is 19.4 Å². The molecule has 6 heteroatoms. The van der Waals surface area contributed by atoms with E-state index in [1.807, 2.05) is 0 Å². The molecule has 0 bridgehead atoms. The zero-order valence-corrected chi connectivity index (χ0v) is 21.5. The number of rotatable bonds is 8. The highest BCUT2D eigenvalue weighted by Crippen LogP contribution is 2.68. The minimum Gasteiger partial charge on any atom is -0.481 e. The fraction of sp³-hybridized carbons (Fsp3) is 0.929. The van der Waals surface area contributed by atoms with Gasteiger partial charge >= 0.3 is 5.97 Å². The van der Waals surface area contributed by atoms with Crippen LogP contribution in [0.5, 0.6) is 0 Å². The van der Waals surface area contributed by atoms with Crippen molar-refractivity contribution in [3.8, 4) is 0 Å². The third-order valence-electron chi connectivity index (χ3n) is 11.1. The van der Waals surface area contributed by atoms with Gasteiger partial charge in [-0.25, -0.2) is 0 Å². The molecule has 4 aliphatic carbocycles. The van der Waals surface area contributed by atoms with E-state index in [9.17, 15) is 19.8 Å². The largest absolute Gasteiger partial charge is 0.481 e. The minimum absolute atomic E-state index is 0.0294. The van der Waals surface area contributed by atoms with E-state index in [2.05, 4.69) is 26.1 Å². The second kappa shape index (κ2) is 10.1. The van der Waals surface area contributed by atoms with Crippen molar-refractivity contribution in [1.82, 2.24) is 5.32 Å². The highest BCUT2D eigenvalue weighted by molar-refractivity contribution is 5.75. The first-order valence-corrected chi connectivity index (χ1v) is 13.9. The van der Waals surface area contributed by atoms with E-state index in [1.165, 1.54) is 25.7 Å². The maximum atomic E-state index is 12.3. The summed E-state index contributed by atoms with van der Waals surface area (Å²) in [6.45, 7) is 7.67. The van der Waals surface area contributed by atoms with Crippen molar-refractivity contribution in [1.29, 1.82) is 0 Å². The van der Waals surface area contributed by atoms with Crippen LogP contribution in [0, 0.1) is 46.3 Å². The molecule has 4 saturated carbocycles. The average molecular weight is 478 g/mol. The number of aliphatic hydroxyl groups is 2. The summed E-state index contributed by atoms with van der Waals surface area (Å²) in [5.41, 5.74) is 0.490. The maximum Gasteiger partial charge on any atom is 0.303 e. The molecule has 0 aromatic carbocycles. The molecule has 34 heavy (non-hydrogen) atoms. The third kappa shape index (κ3) is 4.78. The van der Waals surface area contributed by atoms with Crippen molar-refractivity contribution < 1.29 is 24.9 Å². The van der Waals surface area contributed by atoms with Crippen molar-refractivity contribution >= 4 is 11.9 Å². The molecule has 0 aromatic rings. The van der Waals surface area contributed by atoms with Gasteiger partial charge in [0.05, 0.1) is 12.2 Å².